The van der Waals surface area contributed by atoms with Crippen LogP contribution >= 0.6 is 0 Å². The quantitative estimate of drug-likeness (QED) is 0.455. The lowest BCUT2D eigenvalue weighted by molar-refractivity contribution is 0.0696. The summed E-state index contributed by atoms with van der Waals surface area (Å²) in [4.78, 5) is 21.8. The maximum atomic E-state index is 11.4. The van der Waals surface area contributed by atoms with Crippen molar-refractivity contribution in [3.63, 3.8) is 0 Å². The maximum absolute atomic E-state index is 11.4. The first kappa shape index (κ1) is 18.5. The molecule has 0 saturated carbocycles. The van der Waals surface area contributed by atoms with Crippen LogP contribution < -0.4 is 9.64 Å². The molecule has 30 heavy (non-hydrogen) atoms. The average Bonchev–Trinajstić information content (AvgIpc) is 3.35. The van der Waals surface area contributed by atoms with E-state index in [0.29, 0.717) is 22.6 Å². The van der Waals surface area contributed by atoms with Crippen molar-refractivity contribution in [2.24, 2.45) is 0 Å². The molecule has 8 heteroatoms. The lowest BCUT2D eigenvalue weighted by Gasteiger charge is -2.31. The van der Waals surface area contributed by atoms with Crippen LogP contribution in [0.3, 0.4) is 0 Å². The first-order valence-electron chi connectivity index (χ1n) is 9.90. The number of aliphatic hydroxyl groups excluding tert-OH is 1. The number of imidazole rings is 1. The summed E-state index contributed by atoms with van der Waals surface area (Å²) < 4.78 is 7.64. The van der Waals surface area contributed by atoms with E-state index < -0.39 is 5.97 Å². The summed E-state index contributed by atoms with van der Waals surface area (Å²) in [5, 5.41) is 19.7. The first-order valence-corrected chi connectivity index (χ1v) is 9.90. The number of aromatic amines is 1. The zero-order valence-electron chi connectivity index (χ0n) is 16.6. The SMILES string of the molecule is COc1cc(C(=O)O)cc2[nH]c(-c3cc4cccc5c4n3CCN5CCCO)nc12. The van der Waals surface area contributed by atoms with Gasteiger partial charge in [0.1, 0.15) is 11.3 Å². The fourth-order valence-corrected chi connectivity index (χ4v) is 4.31. The van der Waals surface area contributed by atoms with Gasteiger partial charge in [0.2, 0.25) is 0 Å². The monoisotopic (exact) mass is 406 g/mol. The van der Waals surface area contributed by atoms with Crippen molar-refractivity contribution in [3.05, 3.63) is 42.0 Å². The van der Waals surface area contributed by atoms with Crippen molar-refractivity contribution < 1.29 is 19.7 Å². The van der Waals surface area contributed by atoms with E-state index in [4.69, 9.17) is 9.72 Å². The van der Waals surface area contributed by atoms with Crippen molar-refractivity contribution in [2.75, 3.05) is 31.7 Å². The number of aromatic nitrogens is 3. The summed E-state index contributed by atoms with van der Waals surface area (Å²) in [5.41, 5.74) is 4.64. The molecule has 1 aliphatic rings. The number of aliphatic hydroxyl groups is 1. The Bertz CT molecular complexity index is 1270. The fourth-order valence-electron chi connectivity index (χ4n) is 4.31. The first-order chi connectivity index (χ1) is 14.6. The van der Waals surface area contributed by atoms with E-state index in [1.807, 2.05) is 6.07 Å². The Morgan fingerprint density at radius 3 is 2.90 bits per heavy atom. The number of carboxylic acids is 1. The molecule has 0 aliphatic carbocycles. The highest BCUT2D eigenvalue weighted by Crippen LogP contribution is 2.37. The normalized spacial score (nSPS) is 13.3. The van der Waals surface area contributed by atoms with Crippen LogP contribution in [0.1, 0.15) is 16.8 Å². The molecule has 154 valence electrons. The number of hydrogen-bond acceptors (Lipinski definition) is 5. The number of H-pyrrole nitrogens is 1. The number of carboxylic acid groups (broad SMARTS) is 1. The van der Waals surface area contributed by atoms with Crippen LogP contribution in [0, 0.1) is 0 Å². The largest absolute Gasteiger partial charge is 0.494 e. The molecule has 0 unspecified atom stereocenters. The van der Waals surface area contributed by atoms with Gasteiger partial charge in [0.15, 0.2) is 5.82 Å². The standard InChI is InChI=1S/C22H22N4O4/c1-30-18-12-14(22(28)29)10-15-19(18)24-21(23-15)17-11-13-4-2-5-16-20(13)26(17)8-7-25(16)6-3-9-27/h2,4-5,10-12,27H,3,6-9H2,1H3,(H,23,24)(H,28,29). The Morgan fingerprint density at radius 2 is 2.13 bits per heavy atom. The topological polar surface area (TPSA) is 104 Å². The molecular formula is C22H22N4O4. The number of para-hydroxylation sites is 1. The van der Waals surface area contributed by atoms with Gasteiger partial charge in [0, 0.05) is 31.6 Å². The molecule has 3 heterocycles. The van der Waals surface area contributed by atoms with Crippen LogP contribution in [0.5, 0.6) is 5.75 Å². The zero-order valence-corrected chi connectivity index (χ0v) is 16.6. The van der Waals surface area contributed by atoms with E-state index in [0.717, 1.165) is 48.3 Å². The number of rotatable bonds is 6. The van der Waals surface area contributed by atoms with E-state index in [1.54, 1.807) is 6.07 Å². The molecule has 4 aromatic rings. The van der Waals surface area contributed by atoms with Gasteiger partial charge in [-0.2, -0.15) is 0 Å². The minimum atomic E-state index is -1.01. The van der Waals surface area contributed by atoms with E-state index in [-0.39, 0.29) is 12.2 Å². The third-order valence-corrected chi connectivity index (χ3v) is 5.68. The molecule has 2 aromatic heterocycles. The summed E-state index contributed by atoms with van der Waals surface area (Å²) in [6.07, 6.45) is 0.735. The maximum Gasteiger partial charge on any atom is 0.335 e. The zero-order chi connectivity index (χ0) is 20.8. The smallest absolute Gasteiger partial charge is 0.335 e. The fraction of sp³-hybridized carbons (Fsp3) is 0.273. The average molecular weight is 406 g/mol. The van der Waals surface area contributed by atoms with Crippen molar-refractivity contribution in [3.8, 4) is 17.3 Å². The van der Waals surface area contributed by atoms with Gasteiger partial charge < -0.3 is 29.4 Å². The molecule has 2 aromatic carbocycles. The Kier molecular flexibility index (Phi) is 4.36. The molecule has 0 spiro atoms. The van der Waals surface area contributed by atoms with Crippen LogP contribution in [-0.4, -0.2) is 57.5 Å². The number of nitrogens with one attached hydrogen (secondary N) is 1. The second-order valence-corrected chi connectivity index (χ2v) is 7.43. The van der Waals surface area contributed by atoms with Gasteiger partial charge in [-0.25, -0.2) is 9.78 Å². The van der Waals surface area contributed by atoms with Gasteiger partial charge in [-0.05, 0) is 30.7 Å². The van der Waals surface area contributed by atoms with Crippen LogP contribution in [0.4, 0.5) is 5.69 Å². The minimum Gasteiger partial charge on any atom is -0.494 e. The number of hydrogen-bond donors (Lipinski definition) is 3. The second-order valence-electron chi connectivity index (χ2n) is 7.43. The Balaban J connectivity index is 1.67. The van der Waals surface area contributed by atoms with Crippen LogP contribution in [-0.2, 0) is 6.54 Å². The Labute approximate surface area is 172 Å². The highest BCUT2D eigenvalue weighted by atomic mass is 16.5. The van der Waals surface area contributed by atoms with Crippen molar-refractivity contribution >= 4 is 33.6 Å². The minimum absolute atomic E-state index is 0.151. The van der Waals surface area contributed by atoms with Crippen molar-refractivity contribution in [1.29, 1.82) is 0 Å². The summed E-state index contributed by atoms with van der Waals surface area (Å²) >= 11 is 0. The molecule has 0 radical (unpaired) electrons. The Hall–Kier alpha value is -3.52. The predicted molar refractivity (Wildman–Crippen MR) is 114 cm³/mol. The number of ether oxygens (including phenoxy) is 1. The van der Waals surface area contributed by atoms with Gasteiger partial charge in [-0.1, -0.05) is 12.1 Å². The van der Waals surface area contributed by atoms with Crippen LogP contribution in [0.25, 0.3) is 33.5 Å². The van der Waals surface area contributed by atoms with Gasteiger partial charge in [0.05, 0.1) is 35.1 Å². The van der Waals surface area contributed by atoms with Gasteiger partial charge in [-0.3, -0.25) is 0 Å². The van der Waals surface area contributed by atoms with E-state index in [2.05, 4.69) is 32.7 Å². The van der Waals surface area contributed by atoms with Gasteiger partial charge in [0.25, 0.3) is 0 Å². The number of anilines is 1. The van der Waals surface area contributed by atoms with Gasteiger partial charge >= 0.3 is 5.97 Å². The molecule has 8 nitrogen and oxygen atoms in total. The number of fused-ring (bicyclic) bond motifs is 1. The third kappa shape index (κ3) is 2.80. The highest BCUT2D eigenvalue weighted by molar-refractivity contribution is 5.98. The van der Waals surface area contributed by atoms with Crippen molar-refractivity contribution in [2.45, 2.75) is 13.0 Å². The van der Waals surface area contributed by atoms with E-state index >= 15 is 0 Å². The lowest BCUT2D eigenvalue weighted by atomic mass is 10.1. The van der Waals surface area contributed by atoms with Crippen LogP contribution in [0.2, 0.25) is 0 Å². The Morgan fingerprint density at radius 1 is 1.27 bits per heavy atom. The molecule has 5 rings (SSSR count). The molecule has 1 aliphatic heterocycles. The number of carbonyl (C=O) groups is 1. The number of nitrogens with zero attached hydrogens (tertiary/aromatic N) is 3. The third-order valence-electron chi connectivity index (χ3n) is 5.68. The molecular weight excluding hydrogens is 384 g/mol. The molecule has 0 fully saturated rings. The summed E-state index contributed by atoms with van der Waals surface area (Å²) in [7, 11) is 1.51. The molecule has 0 amide bonds. The summed E-state index contributed by atoms with van der Waals surface area (Å²) in [6, 6.07) is 11.4. The van der Waals surface area contributed by atoms with Crippen molar-refractivity contribution in [1.82, 2.24) is 14.5 Å². The van der Waals surface area contributed by atoms with Gasteiger partial charge in [-0.15, -0.1) is 0 Å². The molecule has 3 N–H and O–H groups in total. The predicted octanol–water partition coefficient (Wildman–Crippen LogP) is 3.09. The molecule has 0 bridgehead atoms. The molecule has 0 atom stereocenters. The summed E-state index contributed by atoms with van der Waals surface area (Å²) in [6.45, 7) is 2.64. The number of methoxy groups -OCH3 is 1. The summed E-state index contributed by atoms with van der Waals surface area (Å²) in [5.74, 6) is 0.0947. The highest BCUT2D eigenvalue weighted by Gasteiger charge is 2.24. The second kappa shape index (κ2) is 7.07. The number of aromatic carboxylic acids is 1. The lowest BCUT2D eigenvalue weighted by Crippen LogP contribution is -2.32. The number of benzene rings is 2. The van der Waals surface area contributed by atoms with E-state index in [1.165, 1.54) is 13.2 Å². The van der Waals surface area contributed by atoms with Crippen LogP contribution in [0.15, 0.2) is 36.4 Å². The van der Waals surface area contributed by atoms with E-state index in [9.17, 15) is 15.0 Å². The molecule has 0 saturated heterocycles.